The Morgan fingerprint density at radius 3 is 2.67 bits per heavy atom. The molecule has 4 rings (SSSR count). The molecule has 24 heavy (non-hydrogen) atoms. The summed E-state index contributed by atoms with van der Waals surface area (Å²) in [5.74, 6) is 1.42. The van der Waals surface area contributed by atoms with Gasteiger partial charge in [-0.15, -0.1) is 0 Å². The van der Waals surface area contributed by atoms with E-state index in [-0.39, 0.29) is 0 Å². The van der Waals surface area contributed by atoms with Gasteiger partial charge in [0, 0.05) is 19.7 Å². The first kappa shape index (κ1) is 15.5. The van der Waals surface area contributed by atoms with Crippen molar-refractivity contribution in [3.8, 4) is 0 Å². The van der Waals surface area contributed by atoms with Crippen molar-refractivity contribution in [2.75, 3.05) is 29.9 Å². The van der Waals surface area contributed by atoms with Crippen LogP contribution < -0.4 is 10.2 Å². The third-order valence-electron chi connectivity index (χ3n) is 5.44. The number of rotatable bonds is 4. The number of hydrogen-bond donors (Lipinski definition) is 2. The molecule has 1 aliphatic heterocycles. The Labute approximate surface area is 143 Å². The Hall–Kier alpha value is -2.07. The first-order chi connectivity index (χ1) is 11.8. The maximum absolute atomic E-state index is 9.25. The number of benzene rings is 1. The number of nitrogens with zero attached hydrogens (tertiary/aromatic N) is 2. The molecule has 1 aromatic heterocycles. The smallest absolute Gasteiger partial charge is 0.126 e. The topological polar surface area (TPSA) is 48.4 Å². The molecule has 4 heteroatoms. The third kappa shape index (κ3) is 3.11. The summed E-state index contributed by atoms with van der Waals surface area (Å²) >= 11 is 0. The molecule has 0 saturated carbocycles. The summed E-state index contributed by atoms with van der Waals surface area (Å²) in [5, 5.41) is 12.8. The lowest BCUT2D eigenvalue weighted by Crippen LogP contribution is -2.34. The quantitative estimate of drug-likeness (QED) is 0.905. The van der Waals surface area contributed by atoms with Crippen molar-refractivity contribution in [3.63, 3.8) is 0 Å². The van der Waals surface area contributed by atoms with Crippen LogP contribution >= 0.6 is 0 Å². The molecule has 1 fully saturated rings. The monoisotopic (exact) mass is 323 g/mol. The molecule has 4 nitrogen and oxygen atoms in total. The molecule has 0 radical (unpaired) electrons. The fourth-order valence-corrected chi connectivity index (χ4v) is 3.92. The second-order valence-corrected chi connectivity index (χ2v) is 6.95. The van der Waals surface area contributed by atoms with Crippen molar-refractivity contribution in [1.82, 2.24) is 4.98 Å². The predicted octanol–water partition coefficient (Wildman–Crippen LogP) is 3.39. The van der Waals surface area contributed by atoms with Gasteiger partial charge < -0.3 is 15.3 Å². The molecule has 2 N–H and O–H groups in total. The number of fused-ring (bicyclic) bond motifs is 1. The Morgan fingerprint density at radius 1 is 1.08 bits per heavy atom. The van der Waals surface area contributed by atoms with Crippen LogP contribution in [-0.4, -0.2) is 29.8 Å². The first-order valence-corrected chi connectivity index (χ1v) is 8.99. The summed E-state index contributed by atoms with van der Waals surface area (Å²) < 4.78 is 0. The van der Waals surface area contributed by atoms with E-state index in [2.05, 4.69) is 51.6 Å². The molecule has 2 aromatic rings. The molecule has 0 amide bonds. The highest BCUT2D eigenvalue weighted by molar-refractivity contribution is 5.51. The van der Waals surface area contributed by atoms with Gasteiger partial charge in [-0.2, -0.15) is 0 Å². The standard InChI is InChI=1S/C20H25N3O/c24-14-15-9-11-23(12-10-15)17-6-8-20(21-13-17)22-19-7-5-16-3-1-2-4-18(16)19/h1-4,6,8,13,15,19,24H,5,7,9-12,14H2,(H,21,22)/t19-/m1/s1. The van der Waals surface area contributed by atoms with Crippen LogP contribution in [0.4, 0.5) is 11.5 Å². The number of aryl methyl sites for hydroxylation is 1. The van der Waals surface area contributed by atoms with Crippen molar-refractivity contribution in [1.29, 1.82) is 0 Å². The van der Waals surface area contributed by atoms with Gasteiger partial charge in [-0.25, -0.2) is 4.98 Å². The maximum Gasteiger partial charge on any atom is 0.126 e. The highest BCUT2D eigenvalue weighted by Gasteiger charge is 2.22. The second-order valence-electron chi connectivity index (χ2n) is 6.95. The highest BCUT2D eigenvalue weighted by atomic mass is 16.3. The van der Waals surface area contributed by atoms with Gasteiger partial charge in [0.25, 0.3) is 0 Å². The Bertz CT molecular complexity index is 678. The van der Waals surface area contributed by atoms with Crippen molar-refractivity contribution in [2.45, 2.75) is 31.7 Å². The zero-order valence-electron chi connectivity index (χ0n) is 14.0. The number of nitrogens with one attached hydrogen (secondary N) is 1. The van der Waals surface area contributed by atoms with Gasteiger partial charge in [-0.05, 0) is 54.9 Å². The van der Waals surface area contributed by atoms with Crippen LogP contribution in [-0.2, 0) is 6.42 Å². The van der Waals surface area contributed by atoms with Gasteiger partial charge in [-0.3, -0.25) is 0 Å². The molecule has 1 atom stereocenters. The predicted molar refractivity (Wildman–Crippen MR) is 97.4 cm³/mol. The highest BCUT2D eigenvalue weighted by Crippen LogP contribution is 2.33. The number of aromatic nitrogens is 1. The van der Waals surface area contributed by atoms with E-state index in [1.165, 1.54) is 16.8 Å². The zero-order chi connectivity index (χ0) is 16.4. The molecule has 2 heterocycles. The van der Waals surface area contributed by atoms with Crippen LogP contribution in [0.2, 0.25) is 0 Å². The molecule has 0 bridgehead atoms. The molecule has 0 spiro atoms. The molecule has 1 saturated heterocycles. The minimum Gasteiger partial charge on any atom is -0.396 e. The van der Waals surface area contributed by atoms with Crippen LogP contribution in [0.1, 0.15) is 36.4 Å². The van der Waals surface area contributed by atoms with Crippen molar-refractivity contribution in [2.24, 2.45) is 5.92 Å². The normalized spacial score (nSPS) is 20.9. The van der Waals surface area contributed by atoms with Crippen LogP contribution in [0, 0.1) is 5.92 Å². The summed E-state index contributed by atoms with van der Waals surface area (Å²) in [6, 6.07) is 13.3. The average molecular weight is 323 g/mol. The van der Waals surface area contributed by atoms with E-state index in [0.29, 0.717) is 18.6 Å². The van der Waals surface area contributed by atoms with Crippen LogP contribution in [0.3, 0.4) is 0 Å². The van der Waals surface area contributed by atoms with Gasteiger partial charge in [0.15, 0.2) is 0 Å². The SMILES string of the molecule is OCC1CCN(c2ccc(N[C@@H]3CCc4ccccc43)nc2)CC1. The fourth-order valence-electron chi connectivity index (χ4n) is 3.92. The zero-order valence-corrected chi connectivity index (χ0v) is 14.0. The lowest BCUT2D eigenvalue weighted by Gasteiger charge is -2.32. The summed E-state index contributed by atoms with van der Waals surface area (Å²) in [4.78, 5) is 7.00. The summed E-state index contributed by atoms with van der Waals surface area (Å²) in [7, 11) is 0. The second kappa shape index (κ2) is 6.81. The molecule has 0 unspecified atom stereocenters. The first-order valence-electron chi connectivity index (χ1n) is 8.99. The van der Waals surface area contributed by atoms with Gasteiger partial charge in [0.2, 0.25) is 0 Å². The Balaban J connectivity index is 1.40. The van der Waals surface area contributed by atoms with E-state index in [1.54, 1.807) is 0 Å². The van der Waals surface area contributed by atoms with Gasteiger partial charge in [-0.1, -0.05) is 24.3 Å². The number of pyridine rings is 1. The summed E-state index contributed by atoms with van der Waals surface area (Å²) in [6.45, 7) is 2.34. The minimum atomic E-state index is 0.317. The Morgan fingerprint density at radius 2 is 1.92 bits per heavy atom. The number of anilines is 2. The molecule has 1 aliphatic carbocycles. The number of aliphatic hydroxyl groups excluding tert-OH is 1. The van der Waals surface area contributed by atoms with E-state index in [4.69, 9.17) is 0 Å². The maximum atomic E-state index is 9.25. The van der Waals surface area contributed by atoms with Crippen molar-refractivity contribution in [3.05, 3.63) is 53.7 Å². The number of aliphatic hydroxyl groups is 1. The lowest BCUT2D eigenvalue weighted by molar-refractivity contribution is 0.203. The van der Waals surface area contributed by atoms with Gasteiger partial charge >= 0.3 is 0 Å². The van der Waals surface area contributed by atoms with E-state index in [9.17, 15) is 5.11 Å². The Kier molecular flexibility index (Phi) is 4.39. The van der Waals surface area contributed by atoms with Crippen molar-refractivity contribution >= 4 is 11.5 Å². The minimum absolute atomic E-state index is 0.317. The van der Waals surface area contributed by atoms with Crippen molar-refractivity contribution < 1.29 is 5.11 Å². The van der Waals surface area contributed by atoms with Gasteiger partial charge in [0.1, 0.15) is 5.82 Å². The molecule has 126 valence electrons. The van der Waals surface area contributed by atoms with Crippen LogP contribution in [0.5, 0.6) is 0 Å². The lowest BCUT2D eigenvalue weighted by atomic mass is 9.98. The largest absolute Gasteiger partial charge is 0.396 e. The molecular formula is C20H25N3O. The molecular weight excluding hydrogens is 298 g/mol. The number of piperidine rings is 1. The summed E-state index contributed by atoms with van der Waals surface area (Å²) in [6.07, 6.45) is 6.39. The fraction of sp³-hybridized carbons (Fsp3) is 0.450. The molecule has 2 aliphatic rings. The molecule has 1 aromatic carbocycles. The third-order valence-corrected chi connectivity index (χ3v) is 5.44. The van der Waals surface area contributed by atoms with E-state index in [1.807, 2.05) is 6.20 Å². The van der Waals surface area contributed by atoms with Crippen LogP contribution in [0.25, 0.3) is 0 Å². The van der Waals surface area contributed by atoms with E-state index >= 15 is 0 Å². The van der Waals surface area contributed by atoms with E-state index < -0.39 is 0 Å². The van der Waals surface area contributed by atoms with Crippen LogP contribution in [0.15, 0.2) is 42.6 Å². The number of hydrogen-bond acceptors (Lipinski definition) is 4. The average Bonchev–Trinajstić information content (AvgIpc) is 3.06. The van der Waals surface area contributed by atoms with Gasteiger partial charge in [0.05, 0.1) is 17.9 Å². The van der Waals surface area contributed by atoms with E-state index in [0.717, 1.165) is 44.6 Å². The summed E-state index contributed by atoms with van der Waals surface area (Å²) in [5.41, 5.74) is 4.05.